The monoisotopic (exact) mass is 455 g/mol. The Morgan fingerprint density at radius 2 is 1.91 bits per heavy atom. The van der Waals surface area contributed by atoms with E-state index in [4.69, 9.17) is 25.5 Å². The van der Waals surface area contributed by atoms with Crippen LogP contribution < -0.4 is 20.2 Å². The van der Waals surface area contributed by atoms with Crippen molar-refractivity contribution >= 4 is 28.5 Å². The third-order valence-corrected chi connectivity index (χ3v) is 5.94. The van der Waals surface area contributed by atoms with E-state index < -0.39 is 11.9 Å². The third-order valence-electron chi connectivity index (χ3n) is 5.53. The fourth-order valence-electron chi connectivity index (χ4n) is 3.78. The van der Waals surface area contributed by atoms with E-state index in [-0.39, 0.29) is 16.8 Å². The van der Waals surface area contributed by atoms with Gasteiger partial charge >= 0.3 is 0 Å². The van der Waals surface area contributed by atoms with E-state index in [9.17, 15) is 9.59 Å². The zero-order chi connectivity index (χ0) is 23.0. The van der Waals surface area contributed by atoms with Crippen molar-refractivity contribution in [1.82, 2.24) is 5.32 Å². The molecule has 1 amide bonds. The quantitative estimate of drug-likeness (QED) is 0.515. The second-order valence-electron chi connectivity index (χ2n) is 8.35. The normalized spacial score (nSPS) is 15.2. The summed E-state index contributed by atoms with van der Waals surface area (Å²) in [5.74, 6) is 1.34. The molecule has 32 heavy (non-hydrogen) atoms. The number of nitrogens with one attached hydrogen (secondary N) is 1. The summed E-state index contributed by atoms with van der Waals surface area (Å²) >= 11 is 6.23. The van der Waals surface area contributed by atoms with Crippen LogP contribution in [0, 0.1) is 12.8 Å². The van der Waals surface area contributed by atoms with Gasteiger partial charge in [-0.3, -0.25) is 9.59 Å². The Bertz CT molecular complexity index is 1250. The van der Waals surface area contributed by atoms with Gasteiger partial charge in [-0.2, -0.15) is 0 Å². The van der Waals surface area contributed by atoms with Crippen LogP contribution >= 0.6 is 11.6 Å². The molecule has 1 aromatic heterocycles. The number of benzene rings is 2. The molecule has 7 heteroatoms. The highest BCUT2D eigenvalue weighted by atomic mass is 35.5. The molecule has 0 spiro atoms. The van der Waals surface area contributed by atoms with Crippen molar-refractivity contribution in [2.24, 2.45) is 5.92 Å². The van der Waals surface area contributed by atoms with Gasteiger partial charge in [0.25, 0.3) is 5.91 Å². The molecule has 1 aliphatic heterocycles. The van der Waals surface area contributed by atoms with Gasteiger partial charge in [0.05, 0.1) is 30.2 Å². The van der Waals surface area contributed by atoms with Gasteiger partial charge in [-0.1, -0.05) is 31.5 Å². The summed E-state index contributed by atoms with van der Waals surface area (Å²) in [6, 6.07) is 8.07. The highest BCUT2D eigenvalue weighted by Gasteiger charge is 2.36. The van der Waals surface area contributed by atoms with Gasteiger partial charge < -0.3 is 19.2 Å². The van der Waals surface area contributed by atoms with Crippen molar-refractivity contribution in [3.8, 4) is 11.5 Å². The summed E-state index contributed by atoms with van der Waals surface area (Å²) in [6.45, 7) is 9.03. The van der Waals surface area contributed by atoms with E-state index in [0.29, 0.717) is 52.2 Å². The van der Waals surface area contributed by atoms with Crippen molar-refractivity contribution in [3.63, 3.8) is 0 Å². The number of halogens is 1. The number of carbonyl (C=O) groups excluding carboxylic acids is 1. The van der Waals surface area contributed by atoms with Crippen LogP contribution in [0.3, 0.4) is 0 Å². The molecule has 4 rings (SSSR count). The molecule has 0 radical (unpaired) electrons. The summed E-state index contributed by atoms with van der Waals surface area (Å²) in [7, 11) is 0. The molecular weight excluding hydrogens is 430 g/mol. The van der Waals surface area contributed by atoms with Crippen LogP contribution in [0.5, 0.6) is 11.5 Å². The average Bonchev–Trinajstić information content (AvgIpc) is 3.07. The van der Waals surface area contributed by atoms with Crippen LogP contribution in [-0.2, 0) is 0 Å². The lowest BCUT2D eigenvalue weighted by Crippen LogP contribution is -2.22. The standard InChI is InChI=1S/C25H26ClNO5/c1-5-30-20-11-15(6-7-18(20)31-9-8-13(2)3)22-21-23(28)16-12-17(26)14(4)10-19(16)32-24(21)25(29)27-22/h6-7,10-13,22H,5,8-9H2,1-4H3,(H,27,29). The second-order valence-corrected chi connectivity index (χ2v) is 8.76. The van der Waals surface area contributed by atoms with Crippen molar-refractivity contribution < 1.29 is 18.7 Å². The molecule has 0 fully saturated rings. The van der Waals surface area contributed by atoms with Crippen LogP contribution in [0.1, 0.15) is 60.5 Å². The lowest BCUT2D eigenvalue weighted by atomic mass is 9.98. The van der Waals surface area contributed by atoms with E-state index in [1.807, 2.05) is 26.0 Å². The molecule has 2 aromatic carbocycles. The van der Waals surface area contributed by atoms with Crippen LogP contribution in [0.4, 0.5) is 0 Å². The maximum absolute atomic E-state index is 13.3. The lowest BCUT2D eigenvalue weighted by Gasteiger charge is -2.17. The van der Waals surface area contributed by atoms with E-state index in [1.54, 1.807) is 18.2 Å². The summed E-state index contributed by atoms with van der Waals surface area (Å²) in [5, 5.41) is 3.68. The Labute approximate surface area is 191 Å². The van der Waals surface area contributed by atoms with Gasteiger partial charge in [0, 0.05) is 5.02 Å². The zero-order valence-electron chi connectivity index (χ0n) is 18.6. The molecule has 1 atom stereocenters. The molecule has 0 saturated heterocycles. The van der Waals surface area contributed by atoms with Crippen molar-refractivity contribution in [2.45, 2.75) is 40.2 Å². The summed E-state index contributed by atoms with van der Waals surface area (Å²) in [5.41, 5.74) is 1.82. The van der Waals surface area contributed by atoms with Crippen LogP contribution in [0.2, 0.25) is 5.02 Å². The molecule has 2 heterocycles. The van der Waals surface area contributed by atoms with Crippen molar-refractivity contribution in [3.05, 3.63) is 68.0 Å². The molecular formula is C25H26ClNO5. The Morgan fingerprint density at radius 3 is 2.62 bits per heavy atom. The minimum absolute atomic E-state index is 0.0319. The third kappa shape index (κ3) is 4.07. The molecule has 6 nitrogen and oxygen atoms in total. The number of amides is 1. The Morgan fingerprint density at radius 1 is 1.12 bits per heavy atom. The van der Waals surface area contributed by atoms with Gasteiger partial charge in [0.2, 0.25) is 5.76 Å². The van der Waals surface area contributed by atoms with Crippen LogP contribution in [0.25, 0.3) is 11.0 Å². The molecule has 0 aliphatic carbocycles. The minimum atomic E-state index is -0.651. The number of hydrogen-bond donors (Lipinski definition) is 1. The van der Waals surface area contributed by atoms with Crippen molar-refractivity contribution in [1.29, 1.82) is 0 Å². The summed E-state index contributed by atoms with van der Waals surface area (Å²) in [6.07, 6.45) is 0.926. The number of aryl methyl sites for hydroxylation is 1. The minimum Gasteiger partial charge on any atom is -0.490 e. The molecule has 1 N–H and O–H groups in total. The van der Waals surface area contributed by atoms with Gasteiger partial charge in [0.1, 0.15) is 5.58 Å². The number of fused-ring (bicyclic) bond motifs is 2. The Kier molecular flexibility index (Phi) is 6.15. The lowest BCUT2D eigenvalue weighted by molar-refractivity contribution is 0.0938. The Hall–Kier alpha value is -2.99. The number of carbonyl (C=O) groups is 1. The maximum atomic E-state index is 13.3. The van der Waals surface area contributed by atoms with E-state index >= 15 is 0 Å². The van der Waals surface area contributed by atoms with Crippen molar-refractivity contribution in [2.75, 3.05) is 13.2 Å². The smallest absolute Gasteiger partial charge is 0.288 e. The predicted molar refractivity (Wildman–Crippen MR) is 124 cm³/mol. The topological polar surface area (TPSA) is 77.8 Å². The molecule has 0 saturated carbocycles. The fourth-order valence-corrected chi connectivity index (χ4v) is 3.94. The summed E-state index contributed by atoms with van der Waals surface area (Å²) in [4.78, 5) is 26.0. The highest BCUT2D eigenvalue weighted by Crippen LogP contribution is 2.36. The molecule has 1 unspecified atom stereocenters. The Balaban J connectivity index is 1.76. The van der Waals surface area contributed by atoms with Gasteiger partial charge in [-0.25, -0.2) is 0 Å². The SMILES string of the molecule is CCOc1cc(C2NC(=O)c3oc4cc(C)c(Cl)cc4c(=O)c32)ccc1OCCC(C)C. The predicted octanol–water partition coefficient (Wildman–Crippen LogP) is 5.41. The fraction of sp³-hybridized carbons (Fsp3) is 0.360. The number of hydrogen-bond acceptors (Lipinski definition) is 5. The van der Waals surface area contributed by atoms with E-state index in [2.05, 4.69) is 19.2 Å². The number of ether oxygens (including phenoxy) is 2. The van der Waals surface area contributed by atoms with Gasteiger partial charge in [0.15, 0.2) is 16.9 Å². The first-order valence-corrected chi connectivity index (χ1v) is 11.1. The largest absolute Gasteiger partial charge is 0.490 e. The number of rotatable bonds is 7. The van der Waals surface area contributed by atoms with E-state index in [0.717, 1.165) is 12.0 Å². The maximum Gasteiger partial charge on any atom is 0.288 e. The zero-order valence-corrected chi connectivity index (χ0v) is 19.3. The molecule has 1 aliphatic rings. The molecule has 0 bridgehead atoms. The molecule has 168 valence electrons. The molecule has 3 aromatic rings. The average molecular weight is 456 g/mol. The van der Waals surface area contributed by atoms with Crippen LogP contribution in [-0.4, -0.2) is 19.1 Å². The first-order valence-electron chi connectivity index (χ1n) is 10.8. The summed E-state index contributed by atoms with van der Waals surface area (Å²) < 4.78 is 17.5. The van der Waals surface area contributed by atoms with Gasteiger partial charge in [-0.15, -0.1) is 0 Å². The van der Waals surface area contributed by atoms with Gasteiger partial charge in [-0.05, 0) is 61.6 Å². The first-order chi connectivity index (χ1) is 15.3. The second kappa shape index (κ2) is 8.87. The first kappa shape index (κ1) is 22.2. The van der Waals surface area contributed by atoms with Crippen LogP contribution in [0.15, 0.2) is 39.5 Å². The van der Waals surface area contributed by atoms with E-state index in [1.165, 1.54) is 0 Å². The highest BCUT2D eigenvalue weighted by molar-refractivity contribution is 6.32.